The summed E-state index contributed by atoms with van der Waals surface area (Å²) >= 11 is 3.31. The number of benzene rings is 1. The van der Waals surface area contributed by atoms with Crippen molar-refractivity contribution in [2.45, 2.75) is 11.3 Å². The molecule has 0 unspecified atom stereocenters. The molecule has 11 heavy (non-hydrogen) atoms. The van der Waals surface area contributed by atoms with Crippen LogP contribution in [0, 0.1) is 0 Å². The van der Waals surface area contributed by atoms with Crippen LogP contribution in [0.15, 0.2) is 29.2 Å². The van der Waals surface area contributed by atoms with Crippen LogP contribution in [0.2, 0.25) is 0 Å². The number of carboxylic acid groups (broad SMARTS) is 1. The summed E-state index contributed by atoms with van der Waals surface area (Å²) in [5, 5.41) is 8.44. The van der Waals surface area contributed by atoms with Gasteiger partial charge in [0.1, 0.15) is 0 Å². The van der Waals surface area contributed by atoms with Crippen molar-refractivity contribution in [3.8, 4) is 0 Å². The first-order valence-corrected chi connectivity index (χ1v) is 3.71. The van der Waals surface area contributed by atoms with E-state index in [1.54, 1.807) is 12.1 Å². The standard InChI is InChI=1S/C8H8O2S/c9-8(10)5-6-2-1-3-7(11)4-6/h1-4,11H,5H2,(H,9,10)/p+1. The number of aliphatic carboxylic acids is 1. The topological polar surface area (TPSA) is 37.3 Å². The predicted molar refractivity (Wildman–Crippen MR) is 46.2 cm³/mol. The van der Waals surface area contributed by atoms with Crippen LogP contribution in [0.1, 0.15) is 5.56 Å². The largest absolute Gasteiger partial charge is 0.481 e. The van der Waals surface area contributed by atoms with Crippen molar-refractivity contribution in [2.75, 3.05) is 0 Å². The summed E-state index contributed by atoms with van der Waals surface area (Å²) in [5.74, 6) is -0.803. The SMILES string of the molecule is O=C(O)Cc1cccc([SH2+])c1. The Bertz CT molecular complexity index is 271. The Balaban J connectivity index is 2.79. The van der Waals surface area contributed by atoms with E-state index in [4.69, 9.17) is 5.11 Å². The Morgan fingerprint density at radius 2 is 2.27 bits per heavy atom. The van der Waals surface area contributed by atoms with Crippen molar-refractivity contribution in [1.29, 1.82) is 0 Å². The third-order valence-electron chi connectivity index (χ3n) is 1.28. The van der Waals surface area contributed by atoms with Gasteiger partial charge in [0, 0.05) is 0 Å². The molecule has 1 N–H and O–H groups in total. The summed E-state index contributed by atoms with van der Waals surface area (Å²) in [6.45, 7) is 0. The smallest absolute Gasteiger partial charge is 0.307 e. The molecule has 0 fully saturated rings. The van der Waals surface area contributed by atoms with Gasteiger partial charge in [0.25, 0.3) is 0 Å². The highest BCUT2D eigenvalue weighted by Crippen LogP contribution is 2.04. The van der Waals surface area contributed by atoms with Crippen LogP contribution in [-0.2, 0) is 23.8 Å². The molecular formula is C8H9O2S+. The summed E-state index contributed by atoms with van der Waals surface area (Å²) < 4.78 is 0. The molecule has 1 aromatic carbocycles. The fraction of sp³-hybridized carbons (Fsp3) is 0.125. The van der Waals surface area contributed by atoms with E-state index < -0.39 is 5.97 Å². The number of carbonyl (C=O) groups is 1. The molecule has 0 spiro atoms. The molecule has 0 heterocycles. The van der Waals surface area contributed by atoms with Crippen LogP contribution in [0.4, 0.5) is 0 Å². The van der Waals surface area contributed by atoms with Crippen LogP contribution < -0.4 is 0 Å². The van der Waals surface area contributed by atoms with E-state index in [2.05, 4.69) is 12.6 Å². The third-order valence-corrected chi connectivity index (χ3v) is 1.59. The molecule has 58 valence electrons. The highest BCUT2D eigenvalue weighted by molar-refractivity contribution is 7.58. The fourth-order valence-electron chi connectivity index (χ4n) is 0.856. The Labute approximate surface area is 70.3 Å². The van der Waals surface area contributed by atoms with Gasteiger partial charge in [-0.2, -0.15) is 0 Å². The zero-order valence-electron chi connectivity index (χ0n) is 5.87. The van der Waals surface area contributed by atoms with Crippen molar-refractivity contribution in [2.24, 2.45) is 0 Å². The van der Waals surface area contributed by atoms with Gasteiger partial charge in [0.05, 0.1) is 6.42 Å². The Morgan fingerprint density at radius 1 is 1.55 bits per heavy atom. The van der Waals surface area contributed by atoms with Crippen LogP contribution in [0.25, 0.3) is 0 Å². The van der Waals surface area contributed by atoms with E-state index in [0.717, 1.165) is 10.5 Å². The molecule has 0 aliphatic carbocycles. The average molecular weight is 169 g/mol. The molecule has 0 radical (unpaired) electrons. The van der Waals surface area contributed by atoms with Crippen molar-refractivity contribution < 1.29 is 9.90 Å². The van der Waals surface area contributed by atoms with Gasteiger partial charge in [-0.15, -0.1) is 0 Å². The summed E-state index contributed by atoms with van der Waals surface area (Å²) in [6, 6.07) is 7.27. The Hall–Kier alpha value is -0.960. The number of rotatable bonds is 2. The molecule has 0 aliphatic rings. The van der Waals surface area contributed by atoms with Gasteiger partial charge in [-0.1, -0.05) is 12.1 Å². The van der Waals surface area contributed by atoms with Gasteiger partial charge >= 0.3 is 5.97 Å². The molecule has 0 bridgehead atoms. The lowest BCUT2D eigenvalue weighted by atomic mass is 10.2. The molecule has 0 aromatic heterocycles. The minimum absolute atomic E-state index is 0.0817. The molecule has 2 nitrogen and oxygen atoms in total. The normalized spacial score (nSPS) is 9.55. The first-order valence-electron chi connectivity index (χ1n) is 3.21. The molecule has 0 aliphatic heterocycles. The lowest BCUT2D eigenvalue weighted by molar-refractivity contribution is -0.136. The fourth-order valence-corrected chi connectivity index (χ4v) is 1.14. The average Bonchev–Trinajstić information content (AvgIpc) is 1.85. The van der Waals surface area contributed by atoms with Crippen molar-refractivity contribution >= 4 is 18.6 Å². The maximum absolute atomic E-state index is 10.3. The number of hydrogen-bond acceptors (Lipinski definition) is 1. The predicted octanol–water partition coefficient (Wildman–Crippen LogP) is 0.684. The van der Waals surface area contributed by atoms with Gasteiger partial charge in [-0.05, 0) is 30.3 Å². The highest BCUT2D eigenvalue weighted by Gasteiger charge is 2.00. The molecule has 0 atom stereocenters. The van der Waals surface area contributed by atoms with Gasteiger partial charge in [-0.25, -0.2) is 0 Å². The van der Waals surface area contributed by atoms with Gasteiger partial charge in [-0.3, -0.25) is 4.79 Å². The lowest BCUT2D eigenvalue weighted by Crippen LogP contribution is -1.99. The maximum atomic E-state index is 10.3. The Kier molecular flexibility index (Phi) is 2.54. The molecule has 0 amide bonds. The first kappa shape index (κ1) is 8.14. The second-order valence-corrected chi connectivity index (χ2v) is 2.85. The van der Waals surface area contributed by atoms with Crippen LogP contribution >= 0.6 is 0 Å². The van der Waals surface area contributed by atoms with Gasteiger partial charge in [0.15, 0.2) is 4.90 Å². The molecule has 3 heteroatoms. The number of carboxylic acids is 1. The molecule has 1 aromatic rings. The summed E-state index contributed by atoms with van der Waals surface area (Å²) in [6.07, 6.45) is 0.0817. The minimum Gasteiger partial charge on any atom is -0.481 e. The highest BCUT2D eigenvalue weighted by atomic mass is 32.1. The van der Waals surface area contributed by atoms with Gasteiger partial charge < -0.3 is 5.11 Å². The third kappa shape index (κ3) is 2.63. The summed E-state index contributed by atoms with van der Waals surface area (Å²) in [7, 11) is 0. The Morgan fingerprint density at radius 3 is 2.82 bits per heavy atom. The zero-order chi connectivity index (χ0) is 8.27. The van der Waals surface area contributed by atoms with Crippen molar-refractivity contribution in [1.82, 2.24) is 0 Å². The van der Waals surface area contributed by atoms with Crippen LogP contribution in [-0.4, -0.2) is 11.1 Å². The molecule has 1 rings (SSSR count). The molecule has 0 saturated carbocycles. The first-order chi connectivity index (χ1) is 5.18. The quantitative estimate of drug-likeness (QED) is 0.661. The van der Waals surface area contributed by atoms with Crippen LogP contribution in [0.5, 0.6) is 0 Å². The van der Waals surface area contributed by atoms with Crippen LogP contribution in [0.3, 0.4) is 0 Å². The van der Waals surface area contributed by atoms with E-state index in [-0.39, 0.29) is 6.42 Å². The molecular weight excluding hydrogens is 160 g/mol. The second kappa shape index (κ2) is 3.44. The monoisotopic (exact) mass is 169 g/mol. The van der Waals surface area contributed by atoms with E-state index in [1.807, 2.05) is 12.1 Å². The van der Waals surface area contributed by atoms with Crippen molar-refractivity contribution in [3.63, 3.8) is 0 Å². The lowest BCUT2D eigenvalue weighted by Gasteiger charge is -1.93. The molecule has 0 saturated heterocycles. The van der Waals surface area contributed by atoms with E-state index in [1.165, 1.54) is 0 Å². The summed E-state index contributed by atoms with van der Waals surface area (Å²) in [4.78, 5) is 11.2. The van der Waals surface area contributed by atoms with E-state index in [0.29, 0.717) is 0 Å². The van der Waals surface area contributed by atoms with Gasteiger partial charge in [0.2, 0.25) is 0 Å². The zero-order valence-corrected chi connectivity index (χ0v) is 6.87. The van der Waals surface area contributed by atoms with E-state index >= 15 is 0 Å². The second-order valence-electron chi connectivity index (χ2n) is 2.27. The number of hydrogen-bond donors (Lipinski definition) is 1. The summed E-state index contributed by atoms with van der Waals surface area (Å²) in [5.41, 5.74) is 0.810. The maximum Gasteiger partial charge on any atom is 0.307 e. The minimum atomic E-state index is -0.803. The van der Waals surface area contributed by atoms with E-state index in [9.17, 15) is 4.79 Å². The van der Waals surface area contributed by atoms with Crippen molar-refractivity contribution in [3.05, 3.63) is 29.8 Å².